The molecule has 0 bridgehead atoms. The summed E-state index contributed by atoms with van der Waals surface area (Å²) in [6, 6.07) is 0. The van der Waals surface area contributed by atoms with Crippen molar-refractivity contribution < 1.29 is 19.1 Å². The van der Waals surface area contributed by atoms with Crippen LogP contribution < -0.4 is 0 Å². The van der Waals surface area contributed by atoms with Gasteiger partial charge < -0.3 is 9.47 Å². The zero-order valence-electron chi connectivity index (χ0n) is 7.20. The summed E-state index contributed by atoms with van der Waals surface area (Å²) >= 11 is 0. The first-order valence-electron chi connectivity index (χ1n) is 4.03. The Balaban J connectivity index is 2.25. The number of esters is 2. The molecule has 0 aliphatic carbocycles. The summed E-state index contributed by atoms with van der Waals surface area (Å²) in [5, 5.41) is 0. The van der Waals surface area contributed by atoms with Crippen LogP contribution in [0.4, 0.5) is 0 Å². The monoisotopic (exact) mass is 172 g/mol. The van der Waals surface area contributed by atoms with Crippen molar-refractivity contribution in [3.63, 3.8) is 0 Å². The summed E-state index contributed by atoms with van der Waals surface area (Å²) in [5.41, 5.74) is 0. The zero-order chi connectivity index (χ0) is 9.14. The highest BCUT2D eigenvalue weighted by Gasteiger charge is 2.36. The van der Waals surface area contributed by atoms with Crippen LogP contribution in [0.25, 0.3) is 0 Å². The average Bonchev–Trinajstić information content (AvgIpc) is 1.98. The van der Waals surface area contributed by atoms with Gasteiger partial charge in [0.2, 0.25) is 6.10 Å². The number of hydrogen-bond acceptors (Lipinski definition) is 4. The SMILES string of the molecule is CCC(C)OC(=O)C1CC(=O)O1. The minimum absolute atomic E-state index is 0.100. The van der Waals surface area contributed by atoms with E-state index in [1.807, 2.05) is 6.92 Å². The van der Waals surface area contributed by atoms with E-state index < -0.39 is 12.1 Å². The standard InChI is InChI=1S/C8H12O4/c1-3-5(2)11-8(10)6-4-7(9)12-6/h5-6H,3-4H2,1-2H3. The highest BCUT2D eigenvalue weighted by atomic mass is 16.6. The third-order valence-corrected chi connectivity index (χ3v) is 1.78. The van der Waals surface area contributed by atoms with Crippen LogP contribution in [0, 0.1) is 0 Å². The molecule has 0 saturated carbocycles. The number of ether oxygens (including phenoxy) is 2. The van der Waals surface area contributed by atoms with Gasteiger partial charge in [-0.1, -0.05) is 6.92 Å². The lowest BCUT2D eigenvalue weighted by molar-refractivity contribution is -0.188. The molecule has 0 aromatic rings. The highest BCUT2D eigenvalue weighted by molar-refractivity contribution is 5.89. The van der Waals surface area contributed by atoms with Crippen molar-refractivity contribution in [2.24, 2.45) is 0 Å². The minimum atomic E-state index is -0.647. The first-order chi connectivity index (χ1) is 5.63. The largest absolute Gasteiger partial charge is 0.460 e. The lowest BCUT2D eigenvalue weighted by atomic mass is 10.2. The maximum Gasteiger partial charge on any atom is 0.348 e. The topological polar surface area (TPSA) is 52.6 Å². The third-order valence-electron chi connectivity index (χ3n) is 1.78. The Morgan fingerprint density at radius 3 is 2.83 bits per heavy atom. The minimum Gasteiger partial charge on any atom is -0.460 e. The third kappa shape index (κ3) is 1.96. The molecule has 1 fully saturated rings. The number of carbonyl (C=O) groups excluding carboxylic acids is 2. The van der Waals surface area contributed by atoms with Gasteiger partial charge in [-0.15, -0.1) is 0 Å². The number of carbonyl (C=O) groups is 2. The van der Waals surface area contributed by atoms with Gasteiger partial charge in [0, 0.05) is 0 Å². The van der Waals surface area contributed by atoms with E-state index in [1.54, 1.807) is 6.92 Å². The predicted molar refractivity (Wildman–Crippen MR) is 40.3 cm³/mol. The van der Waals surface area contributed by atoms with Crippen LogP contribution in [0.2, 0.25) is 0 Å². The molecule has 0 aromatic heterocycles. The van der Waals surface area contributed by atoms with Crippen molar-refractivity contribution in [2.45, 2.75) is 38.9 Å². The molecule has 2 unspecified atom stereocenters. The van der Waals surface area contributed by atoms with Gasteiger partial charge in [-0.3, -0.25) is 4.79 Å². The summed E-state index contributed by atoms with van der Waals surface area (Å²) in [5.74, 6) is -0.759. The molecule has 0 N–H and O–H groups in total. The van der Waals surface area contributed by atoms with Gasteiger partial charge in [0.05, 0.1) is 12.5 Å². The molecule has 1 saturated heterocycles. The van der Waals surface area contributed by atoms with Crippen LogP contribution in [0.3, 0.4) is 0 Å². The number of cyclic esters (lactones) is 1. The Morgan fingerprint density at radius 1 is 1.83 bits per heavy atom. The zero-order valence-corrected chi connectivity index (χ0v) is 7.20. The van der Waals surface area contributed by atoms with Gasteiger partial charge in [-0.05, 0) is 13.3 Å². The van der Waals surface area contributed by atoms with Crippen molar-refractivity contribution in [1.82, 2.24) is 0 Å². The Kier molecular flexibility index (Phi) is 2.68. The van der Waals surface area contributed by atoms with E-state index in [4.69, 9.17) is 4.74 Å². The first-order valence-corrected chi connectivity index (χ1v) is 4.03. The van der Waals surface area contributed by atoms with E-state index in [2.05, 4.69) is 4.74 Å². The van der Waals surface area contributed by atoms with Gasteiger partial charge in [-0.2, -0.15) is 0 Å². The summed E-state index contributed by atoms with van der Waals surface area (Å²) < 4.78 is 9.47. The van der Waals surface area contributed by atoms with Gasteiger partial charge in [0.15, 0.2) is 0 Å². The van der Waals surface area contributed by atoms with Gasteiger partial charge in [0.1, 0.15) is 0 Å². The molecule has 1 aliphatic heterocycles. The molecule has 2 atom stereocenters. The van der Waals surface area contributed by atoms with Crippen molar-refractivity contribution in [1.29, 1.82) is 0 Å². The second kappa shape index (κ2) is 3.56. The molecule has 0 aromatic carbocycles. The second-order valence-electron chi connectivity index (χ2n) is 2.84. The normalized spacial score (nSPS) is 23.8. The molecular formula is C8H12O4. The fourth-order valence-corrected chi connectivity index (χ4v) is 0.789. The van der Waals surface area contributed by atoms with Gasteiger partial charge >= 0.3 is 11.9 Å². The molecular weight excluding hydrogens is 160 g/mol. The van der Waals surface area contributed by atoms with E-state index in [-0.39, 0.29) is 18.5 Å². The summed E-state index contributed by atoms with van der Waals surface area (Å²) in [7, 11) is 0. The quantitative estimate of drug-likeness (QED) is 0.586. The lowest BCUT2D eigenvalue weighted by Crippen LogP contribution is -2.41. The maximum absolute atomic E-state index is 11.0. The predicted octanol–water partition coefficient (Wildman–Crippen LogP) is 0.644. The molecule has 0 radical (unpaired) electrons. The fourth-order valence-electron chi connectivity index (χ4n) is 0.789. The molecule has 0 amide bonds. The Hall–Kier alpha value is -1.06. The fraction of sp³-hybridized carbons (Fsp3) is 0.750. The summed E-state index contributed by atoms with van der Waals surface area (Å²) in [6.45, 7) is 3.73. The van der Waals surface area contributed by atoms with Crippen LogP contribution in [0.5, 0.6) is 0 Å². The van der Waals surface area contributed by atoms with E-state index >= 15 is 0 Å². The number of hydrogen-bond donors (Lipinski definition) is 0. The molecule has 4 nitrogen and oxygen atoms in total. The average molecular weight is 172 g/mol. The van der Waals surface area contributed by atoms with Crippen LogP contribution in [-0.2, 0) is 19.1 Å². The van der Waals surface area contributed by atoms with Crippen molar-refractivity contribution in [2.75, 3.05) is 0 Å². The number of rotatable bonds is 3. The van der Waals surface area contributed by atoms with Crippen LogP contribution in [0.15, 0.2) is 0 Å². The maximum atomic E-state index is 11.0. The van der Waals surface area contributed by atoms with E-state index in [9.17, 15) is 9.59 Å². The van der Waals surface area contributed by atoms with E-state index in [1.165, 1.54) is 0 Å². The van der Waals surface area contributed by atoms with Crippen molar-refractivity contribution in [3.8, 4) is 0 Å². The van der Waals surface area contributed by atoms with Crippen molar-refractivity contribution in [3.05, 3.63) is 0 Å². The molecule has 1 aliphatic rings. The van der Waals surface area contributed by atoms with Crippen molar-refractivity contribution >= 4 is 11.9 Å². The molecule has 0 spiro atoms. The van der Waals surface area contributed by atoms with E-state index in [0.29, 0.717) is 0 Å². The Bertz CT molecular complexity index is 191. The Morgan fingerprint density at radius 2 is 2.42 bits per heavy atom. The van der Waals surface area contributed by atoms with E-state index in [0.717, 1.165) is 6.42 Å². The summed E-state index contributed by atoms with van der Waals surface area (Å²) in [6.07, 6.45) is 0.185. The van der Waals surface area contributed by atoms with Gasteiger partial charge in [0.25, 0.3) is 0 Å². The van der Waals surface area contributed by atoms with Crippen LogP contribution >= 0.6 is 0 Å². The molecule has 12 heavy (non-hydrogen) atoms. The molecule has 68 valence electrons. The highest BCUT2D eigenvalue weighted by Crippen LogP contribution is 2.15. The molecule has 4 heteroatoms. The first kappa shape index (κ1) is 9.03. The molecule has 1 rings (SSSR count). The Labute approximate surface area is 70.8 Å². The van der Waals surface area contributed by atoms with Crippen LogP contribution in [-0.4, -0.2) is 24.1 Å². The molecule has 1 heterocycles. The van der Waals surface area contributed by atoms with Crippen LogP contribution in [0.1, 0.15) is 26.7 Å². The van der Waals surface area contributed by atoms with Gasteiger partial charge in [-0.25, -0.2) is 4.79 Å². The summed E-state index contributed by atoms with van der Waals surface area (Å²) in [4.78, 5) is 21.4. The smallest absolute Gasteiger partial charge is 0.348 e. The second-order valence-corrected chi connectivity index (χ2v) is 2.84. The lowest BCUT2D eigenvalue weighted by Gasteiger charge is -2.24.